The molecule has 0 radical (unpaired) electrons. The second-order valence-electron chi connectivity index (χ2n) is 6.54. The molecule has 0 spiro atoms. The van der Waals surface area contributed by atoms with Crippen LogP contribution in [0.2, 0.25) is 0 Å². The first kappa shape index (κ1) is 19.2. The number of hydrogen-bond acceptors (Lipinski definition) is 3. The fourth-order valence-electron chi connectivity index (χ4n) is 1.60. The first-order valence-electron chi connectivity index (χ1n) is 7.26. The predicted octanol–water partition coefficient (Wildman–Crippen LogP) is 1.80. The summed E-state index contributed by atoms with van der Waals surface area (Å²) in [7, 11) is -2.96. The summed E-state index contributed by atoms with van der Waals surface area (Å²) in [5, 5.41) is 6.46. The summed E-state index contributed by atoms with van der Waals surface area (Å²) in [6.45, 7) is 11.8. The van der Waals surface area contributed by atoms with Gasteiger partial charge in [-0.15, -0.1) is 0 Å². The van der Waals surface area contributed by atoms with Crippen molar-refractivity contribution in [2.45, 2.75) is 53.5 Å². The van der Waals surface area contributed by atoms with E-state index in [4.69, 9.17) is 0 Å². The molecule has 1 atom stereocenters. The average molecular weight is 305 g/mol. The Morgan fingerprint density at radius 3 is 2.35 bits per heavy atom. The van der Waals surface area contributed by atoms with Crippen molar-refractivity contribution in [3.8, 4) is 0 Å². The highest BCUT2D eigenvalue weighted by molar-refractivity contribution is 7.90. The van der Waals surface area contributed by atoms with Crippen LogP contribution in [0.3, 0.4) is 0 Å². The maximum atomic E-state index is 11.1. The Morgan fingerprint density at radius 2 is 1.90 bits per heavy atom. The number of guanidine groups is 1. The highest BCUT2D eigenvalue weighted by Crippen LogP contribution is 2.21. The van der Waals surface area contributed by atoms with Crippen molar-refractivity contribution in [3.63, 3.8) is 0 Å². The van der Waals surface area contributed by atoms with Crippen LogP contribution in [0, 0.1) is 5.41 Å². The van der Waals surface area contributed by atoms with E-state index in [-0.39, 0.29) is 5.75 Å². The number of nitrogens with zero attached hydrogens (tertiary/aromatic N) is 1. The van der Waals surface area contributed by atoms with Crippen LogP contribution in [-0.4, -0.2) is 45.5 Å². The van der Waals surface area contributed by atoms with Gasteiger partial charge >= 0.3 is 0 Å². The minimum absolute atomic E-state index is 0.0833. The van der Waals surface area contributed by atoms with Gasteiger partial charge in [0.25, 0.3) is 0 Å². The van der Waals surface area contributed by atoms with Crippen molar-refractivity contribution >= 4 is 15.8 Å². The van der Waals surface area contributed by atoms with Gasteiger partial charge in [0.05, 0.1) is 12.3 Å². The molecule has 6 heteroatoms. The van der Waals surface area contributed by atoms with E-state index in [0.717, 1.165) is 19.4 Å². The van der Waals surface area contributed by atoms with Gasteiger partial charge in [-0.2, -0.15) is 0 Å². The van der Waals surface area contributed by atoms with E-state index >= 15 is 0 Å². The lowest BCUT2D eigenvalue weighted by molar-refractivity contribution is 0.346. The van der Waals surface area contributed by atoms with Crippen LogP contribution in [0.25, 0.3) is 0 Å². The Hall–Kier alpha value is -0.780. The highest BCUT2D eigenvalue weighted by Gasteiger charge is 2.13. The number of nitrogens with one attached hydrogen (secondary N) is 2. The van der Waals surface area contributed by atoms with Crippen molar-refractivity contribution in [1.82, 2.24) is 10.6 Å². The Kier molecular flexibility index (Phi) is 8.16. The van der Waals surface area contributed by atoms with E-state index in [9.17, 15) is 8.42 Å². The van der Waals surface area contributed by atoms with E-state index < -0.39 is 9.84 Å². The Bertz CT molecular complexity index is 397. The van der Waals surface area contributed by atoms with Crippen LogP contribution in [0.1, 0.15) is 47.5 Å². The molecule has 0 aliphatic rings. The molecule has 0 aliphatic heterocycles. The van der Waals surface area contributed by atoms with E-state index in [1.165, 1.54) is 6.26 Å². The fraction of sp³-hybridized carbons (Fsp3) is 0.929. The van der Waals surface area contributed by atoms with Gasteiger partial charge in [-0.25, -0.2) is 8.42 Å². The van der Waals surface area contributed by atoms with E-state index in [1.807, 2.05) is 6.92 Å². The van der Waals surface area contributed by atoms with Gasteiger partial charge < -0.3 is 10.6 Å². The van der Waals surface area contributed by atoms with Crippen LogP contribution >= 0.6 is 0 Å². The maximum absolute atomic E-state index is 11.1. The molecule has 120 valence electrons. The Labute approximate surface area is 124 Å². The third kappa shape index (κ3) is 12.3. The van der Waals surface area contributed by atoms with Gasteiger partial charge in [-0.1, -0.05) is 20.8 Å². The molecule has 0 rings (SSSR count). The first-order valence-corrected chi connectivity index (χ1v) is 9.32. The number of hydrogen-bond donors (Lipinski definition) is 2. The molecule has 0 aromatic carbocycles. The van der Waals surface area contributed by atoms with Crippen LogP contribution < -0.4 is 10.6 Å². The zero-order valence-electron chi connectivity index (χ0n) is 13.8. The molecule has 0 aliphatic carbocycles. The Balaban J connectivity index is 4.34. The summed E-state index contributed by atoms with van der Waals surface area (Å²) in [6, 6.07) is 0.310. The SMILES string of the molecule is CCNC(=NCCS(C)(=O)=O)NC(C)CCC(C)(C)C. The van der Waals surface area contributed by atoms with Crippen LogP contribution in [0.15, 0.2) is 4.99 Å². The third-order valence-corrected chi connectivity index (χ3v) is 3.71. The second kappa shape index (κ2) is 8.49. The summed E-state index contributed by atoms with van der Waals surface area (Å²) >= 11 is 0. The molecule has 5 nitrogen and oxygen atoms in total. The molecule has 20 heavy (non-hydrogen) atoms. The maximum Gasteiger partial charge on any atom is 0.191 e. The van der Waals surface area contributed by atoms with Crippen LogP contribution in [0.4, 0.5) is 0 Å². The molecule has 0 bridgehead atoms. The van der Waals surface area contributed by atoms with Gasteiger partial charge in [0, 0.05) is 18.8 Å². The average Bonchev–Trinajstić information content (AvgIpc) is 2.24. The first-order chi connectivity index (χ1) is 9.03. The molecular weight excluding hydrogens is 274 g/mol. The number of rotatable bonds is 7. The van der Waals surface area contributed by atoms with Crippen molar-refractivity contribution < 1.29 is 8.42 Å². The normalized spacial score (nSPS) is 15.0. The minimum atomic E-state index is -2.96. The highest BCUT2D eigenvalue weighted by atomic mass is 32.2. The third-order valence-electron chi connectivity index (χ3n) is 2.79. The van der Waals surface area contributed by atoms with Gasteiger partial charge in [0.1, 0.15) is 9.84 Å². The molecule has 2 N–H and O–H groups in total. The predicted molar refractivity (Wildman–Crippen MR) is 87.0 cm³/mol. The molecule has 0 aromatic heterocycles. The van der Waals surface area contributed by atoms with Gasteiger partial charge in [0.15, 0.2) is 5.96 Å². The molecule has 0 heterocycles. The summed E-state index contributed by atoms with van der Waals surface area (Å²) in [6.07, 6.45) is 3.42. The fourth-order valence-corrected chi connectivity index (χ4v) is 2.02. The number of sulfone groups is 1. The Morgan fingerprint density at radius 1 is 1.30 bits per heavy atom. The molecule has 0 amide bonds. The largest absolute Gasteiger partial charge is 0.357 e. The quantitative estimate of drug-likeness (QED) is 0.556. The zero-order chi connectivity index (χ0) is 15.8. The summed E-state index contributed by atoms with van der Waals surface area (Å²) in [5.41, 5.74) is 0.321. The zero-order valence-corrected chi connectivity index (χ0v) is 14.6. The van der Waals surface area contributed by atoms with Crippen molar-refractivity contribution in [1.29, 1.82) is 0 Å². The smallest absolute Gasteiger partial charge is 0.191 e. The van der Waals surface area contributed by atoms with Gasteiger partial charge in [-0.05, 0) is 32.1 Å². The molecule has 0 fully saturated rings. The van der Waals surface area contributed by atoms with Crippen molar-refractivity contribution in [2.24, 2.45) is 10.4 Å². The van der Waals surface area contributed by atoms with Crippen LogP contribution in [-0.2, 0) is 9.84 Å². The molecular formula is C14H31N3O2S. The molecule has 0 aromatic rings. The van der Waals surface area contributed by atoms with Crippen molar-refractivity contribution in [2.75, 3.05) is 25.1 Å². The van der Waals surface area contributed by atoms with Crippen LogP contribution in [0.5, 0.6) is 0 Å². The summed E-state index contributed by atoms with van der Waals surface area (Å²) in [5.74, 6) is 0.775. The van der Waals surface area contributed by atoms with E-state index in [2.05, 4.69) is 43.3 Å². The van der Waals surface area contributed by atoms with E-state index in [1.54, 1.807) is 0 Å². The second-order valence-corrected chi connectivity index (χ2v) is 8.80. The standard InChI is InChI=1S/C14H31N3O2S/c1-7-15-13(16-10-11-20(6,18)19)17-12(2)8-9-14(3,4)5/h12H,7-11H2,1-6H3,(H2,15,16,17). The summed E-state index contributed by atoms with van der Waals surface area (Å²) < 4.78 is 22.2. The van der Waals surface area contributed by atoms with Crippen molar-refractivity contribution in [3.05, 3.63) is 0 Å². The molecule has 0 saturated heterocycles. The molecule has 1 unspecified atom stereocenters. The minimum Gasteiger partial charge on any atom is -0.357 e. The number of aliphatic imine (C=N–C) groups is 1. The van der Waals surface area contributed by atoms with Gasteiger partial charge in [0.2, 0.25) is 0 Å². The monoisotopic (exact) mass is 305 g/mol. The topological polar surface area (TPSA) is 70.6 Å². The molecule has 0 saturated carbocycles. The lowest BCUT2D eigenvalue weighted by atomic mass is 9.89. The lowest BCUT2D eigenvalue weighted by Crippen LogP contribution is -2.42. The summed E-state index contributed by atoms with van der Waals surface area (Å²) in [4.78, 5) is 4.30. The van der Waals surface area contributed by atoms with E-state index in [0.29, 0.717) is 24.0 Å². The van der Waals surface area contributed by atoms with Gasteiger partial charge in [-0.3, -0.25) is 4.99 Å². The lowest BCUT2D eigenvalue weighted by Gasteiger charge is -2.23.